The fraction of sp³-hybridized carbons (Fsp3) is 0.333. The number of rotatable bonds is 7. The van der Waals surface area contributed by atoms with Crippen LogP contribution in [0.2, 0.25) is 0 Å². The third kappa shape index (κ3) is 4.98. The van der Waals surface area contributed by atoms with Gasteiger partial charge in [0.2, 0.25) is 0 Å². The molecule has 0 aliphatic carbocycles. The highest BCUT2D eigenvalue weighted by molar-refractivity contribution is 5.97. The number of amides is 1. The second-order valence-corrected chi connectivity index (χ2v) is 5.86. The predicted molar refractivity (Wildman–Crippen MR) is 90.7 cm³/mol. The molecule has 5 nitrogen and oxygen atoms in total. The van der Waals surface area contributed by atoms with Crippen LogP contribution >= 0.6 is 0 Å². The van der Waals surface area contributed by atoms with Gasteiger partial charge in [0.1, 0.15) is 12.4 Å². The van der Waals surface area contributed by atoms with Crippen molar-refractivity contribution in [3.63, 3.8) is 0 Å². The Kier molecular flexibility index (Phi) is 5.57. The Morgan fingerprint density at radius 1 is 1.43 bits per heavy atom. The molecule has 5 heteroatoms. The van der Waals surface area contributed by atoms with E-state index in [-0.39, 0.29) is 11.9 Å². The van der Waals surface area contributed by atoms with Crippen LogP contribution in [0.4, 0.5) is 0 Å². The van der Waals surface area contributed by atoms with Crippen molar-refractivity contribution in [3.05, 3.63) is 59.4 Å². The molecule has 1 aromatic heterocycles. The molecule has 2 aromatic rings. The summed E-state index contributed by atoms with van der Waals surface area (Å²) < 4.78 is 5.65. The van der Waals surface area contributed by atoms with Crippen molar-refractivity contribution in [3.8, 4) is 5.75 Å². The van der Waals surface area contributed by atoms with Gasteiger partial charge in [0.25, 0.3) is 5.91 Å². The van der Waals surface area contributed by atoms with Crippen LogP contribution in [0.25, 0.3) is 0 Å². The minimum absolute atomic E-state index is 0.0283. The van der Waals surface area contributed by atoms with Crippen LogP contribution < -0.4 is 10.1 Å². The van der Waals surface area contributed by atoms with Gasteiger partial charge in [-0.15, -0.1) is 0 Å². The Balaban J connectivity index is 2.00. The van der Waals surface area contributed by atoms with Crippen LogP contribution in [-0.4, -0.2) is 28.8 Å². The van der Waals surface area contributed by atoms with Gasteiger partial charge in [0.05, 0.1) is 11.3 Å². The Hall–Kier alpha value is -2.56. The molecule has 0 spiro atoms. The molecule has 1 atom stereocenters. The number of benzene rings is 1. The number of hydrogen-bond acceptors (Lipinski definition) is 3. The number of ether oxygens (including phenoxy) is 1. The first kappa shape index (κ1) is 16.8. The van der Waals surface area contributed by atoms with Gasteiger partial charge in [-0.2, -0.15) is 5.10 Å². The quantitative estimate of drug-likeness (QED) is 0.772. The van der Waals surface area contributed by atoms with Gasteiger partial charge in [0.15, 0.2) is 0 Å². The minimum atomic E-state index is -0.151. The zero-order valence-electron chi connectivity index (χ0n) is 13.8. The smallest absolute Gasteiger partial charge is 0.255 e. The van der Waals surface area contributed by atoms with Crippen molar-refractivity contribution in [2.24, 2.45) is 0 Å². The Morgan fingerprint density at radius 3 is 2.83 bits per heavy atom. The molecule has 1 amide bonds. The molecule has 0 saturated carbocycles. The van der Waals surface area contributed by atoms with Crippen molar-refractivity contribution in [1.82, 2.24) is 15.5 Å². The van der Waals surface area contributed by atoms with E-state index in [1.54, 1.807) is 12.1 Å². The number of aromatic nitrogens is 2. The van der Waals surface area contributed by atoms with Crippen LogP contribution in [0.3, 0.4) is 0 Å². The van der Waals surface area contributed by atoms with E-state index in [0.29, 0.717) is 24.3 Å². The van der Waals surface area contributed by atoms with Crippen molar-refractivity contribution in [2.75, 3.05) is 6.61 Å². The van der Waals surface area contributed by atoms with E-state index in [0.717, 1.165) is 17.0 Å². The maximum Gasteiger partial charge on any atom is 0.255 e. The fourth-order valence-electron chi connectivity index (χ4n) is 2.23. The van der Waals surface area contributed by atoms with E-state index >= 15 is 0 Å². The zero-order chi connectivity index (χ0) is 16.8. The molecule has 0 aliphatic rings. The van der Waals surface area contributed by atoms with Crippen molar-refractivity contribution in [1.29, 1.82) is 0 Å². The summed E-state index contributed by atoms with van der Waals surface area (Å²) in [6.45, 7) is 10.00. The van der Waals surface area contributed by atoms with E-state index in [1.807, 2.05) is 39.0 Å². The summed E-state index contributed by atoms with van der Waals surface area (Å²) in [5.41, 5.74) is 3.38. The second kappa shape index (κ2) is 7.63. The zero-order valence-corrected chi connectivity index (χ0v) is 13.8. The summed E-state index contributed by atoms with van der Waals surface area (Å²) in [5, 5.41) is 10.1. The van der Waals surface area contributed by atoms with Gasteiger partial charge in [-0.05, 0) is 44.5 Å². The number of para-hydroxylation sites is 1. The number of aryl methyl sites for hydroxylation is 1. The molecule has 2 rings (SSSR count). The molecular formula is C18H23N3O2. The molecule has 0 fully saturated rings. The number of nitrogens with zero attached hydrogens (tertiary/aromatic N) is 1. The molecular weight excluding hydrogens is 290 g/mol. The number of nitrogens with one attached hydrogen (secondary N) is 2. The van der Waals surface area contributed by atoms with Gasteiger partial charge in [-0.25, -0.2) is 0 Å². The van der Waals surface area contributed by atoms with Gasteiger partial charge in [0, 0.05) is 18.2 Å². The van der Waals surface area contributed by atoms with Crippen molar-refractivity contribution >= 4 is 5.91 Å². The second-order valence-electron chi connectivity index (χ2n) is 5.86. The average Bonchev–Trinajstić information content (AvgIpc) is 2.90. The molecule has 0 bridgehead atoms. The molecule has 122 valence electrons. The first-order chi connectivity index (χ1) is 11.0. The molecule has 0 aliphatic heterocycles. The number of carbonyl (C=O) groups is 1. The highest BCUT2D eigenvalue weighted by Crippen LogP contribution is 2.18. The van der Waals surface area contributed by atoms with E-state index in [2.05, 4.69) is 22.1 Å². The van der Waals surface area contributed by atoms with Gasteiger partial charge < -0.3 is 10.1 Å². The standard InChI is InChI=1S/C18H23N3O2/c1-12(2)11-23-17-8-6-5-7-16(17)18(22)19-13(3)9-15-10-14(4)20-21-15/h5-8,10,13H,1,9,11H2,2-4H3,(H,19,22)(H,20,21)/t13-/m0/s1. The summed E-state index contributed by atoms with van der Waals surface area (Å²) in [5.74, 6) is 0.415. The summed E-state index contributed by atoms with van der Waals surface area (Å²) in [6.07, 6.45) is 0.671. The third-order valence-corrected chi connectivity index (χ3v) is 3.26. The maximum atomic E-state index is 12.5. The van der Waals surface area contributed by atoms with Gasteiger partial charge in [-0.1, -0.05) is 18.7 Å². The van der Waals surface area contributed by atoms with E-state index < -0.39 is 0 Å². The monoisotopic (exact) mass is 313 g/mol. The largest absolute Gasteiger partial charge is 0.488 e. The van der Waals surface area contributed by atoms with Gasteiger partial charge >= 0.3 is 0 Å². The molecule has 2 N–H and O–H groups in total. The van der Waals surface area contributed by atoms with E-state index in [4.69, 9.17) is 4.74 Å². The topological polar surface area (TPSA) is 67.0 Å². The van der Waals surface area contributed by atoms with Crippen molar-refractivity contribution in [2.45, 2.75) is 33.2 Å². The number of H-pyrrole nitrogens is 1. The molecule has 23 heavy (non-hydrogen) atoms. The molecule has 0 radical (unpaired) electrons. The Morgan fingerprint density at radius 2 is 2.17 bits per heavy atom. The lowest BCUT2D eigenvalue weighted by Gasteiger charge is -2.15. The lowest BCUT2D eigenvalue weighted by Crippen LogP contribution is -2.34. The SMILES string of the molecule is C=C(C)COc1ccccc1C(=O)N[C@@H](C)Cc1cc(C)[nH]n1. The van der Waals surface area contributed by atoms with Crippen LogP contribution in [0.5, 0.6) is 5.75 Å². The molecule has 0 unspecified atom stereocenters. The van der Waals surface area contributed by atoms with Crippen LogP contribution in [0.1, 0.15) is 35.6 Å². The highest BCUT2D eigenvalue weighted by atomic mass is 16.5. The number of hydrogen-bond donors (Lipinski definition) is 2. The van der Waals surface area contributed by atoms with Gasteiger partial charge in [-0.3, -0.25) is 9.89 Å². The summed E-state index contributed by atoms with van der Waals surface area (Å²) in [6, 6.07) is 9.17. The van der Waals surface area contributed by atoms with E-state index in [1.165, 1.54) is 0 Å². The summed E-state index contributed by atoms with van der Waals surface area (Å²) in [7, 11) is 0. The first-order valence-electron chi connectivity index (χ1n) is 7.63. The molecule has 1 heterocycles. The number of carbonyl (C=O) groups excluding carboxylic acids is 1. The maximum absolute atomic E-state index is 12.5. The van der Waals surface area contributed by atoms with Crippen LogP contribution in [-0.2, 0) is 6.42 Å². The van der Waals surface area contributed by atoms with E-state index in [9.17, 15) is 4.79 Å². The fourth-order valence-corrected chi connectivity index (χ4v) is 2.23. The summed E-state index contributed by atoms with van der Waals surface area (Å²) in [4.78, 5) is 12.5. The predicted octanol–water partition coefficient (Wildman–Crippen LogP) is 3.03. The lowest BCUT2D eigenvalue weighted by atomic mass is 10.1. The third-order valence-electron chi connectivity index (χ3n) is 3.26. The Labute approximate surface area is 136 Å². The van der Waals surface area contributed by atoms with Crippen LogP contribution in [0.15, 0.2) is 42.5 Å². The average molecular weight is 313 g/mol. The van der Waals surface area contributed by atoms with Crippen molar-refractivity contribution < 1.29 is 9.53 Å². The lowest BCUT2D eigenvalue weighted by molar-refractivity contribution is 0.0936. The molecule has 1 aromatic carbocycles. The highest BCUT2D eigenvalue weighted by Gasteiger charge is 2.15. The number of aromatic amines is 1. The first-order valence-corrected chi connectivity index (χ1v) is 7.63. The normalized spacial score (nSPS) is 11.8. The molecule has 0 saturated heterocycles. The Bertz CT molecular complexity index is 691. The minimum Gasteiger partial charge on any atom is -0.488 e. The summed E-state index contributed by atoms with van der Waals surface area (Å²) >= 11 is 0. The van der Waals surface area contributed by atoms with Crippen LogP contribution in [0, 0.1) is 6.92 Å².